The number of hydrogen-bond acceptors (Lipinski definition) is 4. The molecular weight excluding hydrogens is 361 g/mol. The first-order chi connectivity index (χ1) is 13.5. The Morgan fingerprint density at radius 3 is 2.54 bits per heavy atom. The highest BCUT2D eigenvalue weighted by Crippen LogP contribution is 2.41. The van der Waals surface area contributed by atoms with Crippen LogP contribution in [0, 0.1) is 12.7 Å². The molecule has 6 nitrogen and oxygen atoms in total. The maximum atomic E-state index is 14.8. The number of esters is 1. The molecule has 28 heavy (non-hydrogen) atoms. The van der Waals surface area contributed by atoms with E-state index in [4.69, 9.17) is 4.74 Å². The molecule has 0 bridgehead atoms. The Hall–Kier alpha value is -3.74. The Labute approximate surface area is 160 Å². The molecular formula is C21H16FN3O3. The van der Waals surface area contributed by atoms with E-state index in [0.717, 1.165) is 5.69 Å². The molecule has 0 fully saturated rings. The van der Waals surface area contributed by atoms with Crippen LogP contribution in [0.5, 0.6) is 0 Å². The topological polar surface area (TPSA) is 84.1 Å². The molecule has 0 saturated carbocycles. The highest BCUT2D eigenvalue weighted by atomic mass is 19.1. The van der Waals surface area contributed by atoms with Crippen molar-refractivity contribution in [3.8, 4) is 11.1 Å². The minimum atomic E-state index is -0.476. The maximum absolute atomic E-state index is 14.8. The number of fused-ring (bicyclic) bond motifs is 1. The van der Waals surface area contributed by atoms with Gasteiger partial charge in [-0.1, -0.05) is 12.1 Å². The number of methoxy groups -OCH3 is 1. The standard InChI is InChI=1S/C21H16FN3O3/c1-11-10-23-17(24-11)9-14-19-16(25-20(14)26)8-7-15(22)18(19)12-3-5-13(6-4-12)21(27)28-2/h3-10H,1-2H3,(H,23,24)(H,25,26). The Bertz CT molecular complexity index is 1130. The van der Waals surface area contributed by atoms with Gasteiger partial charge in [0, 0.05) is 28.7 Å². The molecule has 1 aliphatic heterocycles. The van der Waals surface area contributed by atoms with Crippen molar-refractivity contribution in [2.24, 2.45) is 0 Å². The van der Waals surface area contributed by atoms with Gasteiger partial charge < -0.3 is 15.0 Å². The van der Waals surface area contributed by atoms with E-state index in [9.17, 15) is 14.0 Å². The Balaban J connectivity index is 1.87. The van der Waals surface area contributed by atoms with Crippen LogP contribution in [0.3, 0.4) is 0 Å². The molecule has 2 N–H and O–H groups in total. The van der Waals surface area contributed by atoms with Crippen molar-refractivity contribution in [1.29, 1.82) is 0 Å². The summed E-state index contributed by atoms with van der Waals surface area (Å²) in [4.78, 5) is 31.4. The van der Waals surface area contributed by atoms with Crippen LogP contribution in [0.2, 0.25) is 0 Å². The fraction of sp³-hybridized carbons (Fsp3) is 0.0952. The number of amides is 1. The summed E-state index contributed by atoms with van der Waals surface area (Å²) in [6.45, 7) is 1.85. The molecule has 1 aromatic heterocycles. The number of aryl methyl sites for hydroxylation is 1. The van der Waals surface area contributed by atoms with Gasteiger partial charge in [0.2, 0.25) is 0 Å². The van der Waals surface area contributed by atoms with E-state index < -0.39 is 11.8 Å². The first-order valence-corrected chi connectivity index (χ1v) is 8.54. The van der Waals surface area contributed by atoms with Crippen molar-refractivity contribution in [2.75, 3.05) is 12.4 Å². The summed E-state index contributed by atoms with van der Waals surface area (Å²) in [5.74, 6) is -0.771. The quantitative estimate of drug-likeness (QED) is 0.537. The number of anilines is 1. The monoisotopic (exact) mass is 377 g/mol. The largest absolute Gasteiger partial charge is 0.465 e. The van der Waals surface area contributed by atoms with E-state index >= 15 is 0 Å². The Morgan fingerprint density at radius 1 is 1.14 bits per heavy atom. The Morgan fingerprint density at radius 2 is 1.89 bits per heavy atom. The molecule has 140 valence electrons. The predicted molar refractivity (Wildman–Crippen MR) is 103 cm³/mol. The maximum Gasteiger partial charge on any atom is 0.337 e. The minimum absolute atomic E-state index is 0.279. The van der Waals surface area contributed by atoms with Crippen LogP contribution in [-0.4, -0.2) is 29.0 Å². The molecule has 1 aliphatic rings. The van der Waals surface area contributed by atoms with Crippen molar-refractivity contribution >= 4 is 29.2 Å². The third kappa shape index (κ3) is 2.96. The number of aromatic amines is 1. The van der Waals surface area contributed by atoms with Gasteiger partial charge in [0.1, 0.15) is 11.6 Å². The zero-order chi connectivity index (χ0) is 19.8. The van der Waals surface area contributed by atoms with Crippen molar-refractivity contribution < 1.29 is 18.7 Å². The number of carbonyl (C=O) groups is 2. The third-order valence-electron chi connectivity index (χ3n) is 4.51. The average Bonchev–Trinajstić information content (AvgIpc) is 3.25. The molecule has 2 aromatic carbocycles. The van der Waals surface area contributed by atoms with Gasteiger partial charge in [0.25, 0.3) is 5.91 Å². The smallest absolute Gasteiger partial charge is 0.337 e. The second kappa shape index (κ2) is 6.77. The number of hydrogen-bond donors (Lipinski definition) is 2. The summed E-state index contributed by atoms with van der Waals surface area (Å²) in [6.07, 6.45) is 3.25. The second-order valence-corrected chi connectivity index (χ2v) is 6.38. The van der Waals surface area contributed by atoms with Crippen molar-refractivity contribution in [3.63, 3.8) is 0 Å². The number of ether oxygens (including phenoxy) is 1. The van der Waals surface area contributed by atoms with Crippen LogP contribution in [0.1, 0.15) is 27.4 Å². The summed E-state index contributed by atoms with van der Waals surface area (Å²) >= 11 is 0. The fourth-order valence-electron chi connectivity index (χ4n) is 3.22. The van der Waals surface area contributed by atoms with Crippen molar-refractivity contribution in [3.05, 3.63) is 71.1 Å². The van der Waals surface area contributed by atoms with Gasteiger partial charge in [0.05, 0.1) is 18.2 Å². The third-order valence-corrected chi connectivity index (χ3v) is 4.51. The number of aromatic nitrogens is 2. The van der Waals surface area contributed by atoms with Crippen LogP contribution in [0.4, 0.5) is 10.1 Å². The number of benzene rings is 2. The zero-order valence-electron chi connectivity index (χ0n) is 15.2. The lowest BCUT2D eigenvalue weighted by molar-refractivity contribution is -0.110. The van der Waals surface area contributed by atoms with Gasteiger partial charge in [-0.05, 0) is 42.8 Å². The van der Waals surface area contributed by atoms with Crippen LogP contribution >= 0.6 is 0 Å². The molecule has 4 rings (SSSR count). The SMILES string of the molecule is COC(=O)c1ccc(-c2c(F)ccc3c2C(=Cc2ncc(C)[nH]2)C(=O)N3)cc1. The number of carbonyl (C=O) groups excluding carboxylic acids is 2. The first-order valence-electron chi connectivity index (χ1n) is 8.54. The van der Waals surface area contributed by atoms with Crippen LogP contribution in [0.15, 0.2) is 42.6 Å². The highest BCUT2D eigenvalue weighted by Gasteiger charge is 2.29. The summed E-state index contributed by atoms with van der Waals surface area (Å²) < 4.78 is 19.5. The van der Waals surface area contributed by atoms with Gasteiger partial charge in [-0.3, -0.25) is 4.79 Å². The molecule has 1 amide bonds. The normalized spacial score (nSPS) is 14.1. The molecule has 0 unspecified atom stereocenters. The predicted octanol–water partition coefficient (Wildman–Crippen LogP) is 3.80. The zero-order valence-corrected chi connectivity index (χ0v) is 15.2. The number of imidazole rings is 1. The number of H-pyrrole nitrogens is 1. The minimum Gasteiger partial charge on any atom is -0.465 e. The van der Waals surface area contributed by atoms with E-state index in [-0.39, 0.29) is 11.5 Å². The lowest BCUT2D eigenvalue weighted by Crippen LogP contribution is -2.03. The average molecular weight is 377 g/mol. The number of nitrogens with one attached hydrogen (secondary N) is 2. The lowest BCUT2D eigenvalue weighted by Gasteiger charge is -2.11. The van der Waals surface area contributed by atoms with Gasteiger partial charge in [-0.2, -0.15) is 0 Å². The summed E-state index contributed by atoms with van der Waals surface area (Å²) in [6, 6.07) is 9.21. The highest BCUT2D eigenvalue weighted by molar-refractivity contribution is 6.36. The van der Waals surface area contributed by atoms with E-state index in [1.165, 1.54) is 19.2 Å². The molecule has 0 aliphatic carbocycles. The number of halogens is 1. The van der Waals surface area contributed by atoms with Gasteiger partial charge in [-0.25, -0.2) is 14.2 Å². The fourth-order valence-corrected chi connectivity index (χ4v) is 3.22. The van der Waals surface area contributed by atoms with Gasteiger partial charge >= 0.3 is 5.97 Å². The molecule has 0 atom stereocenters. The van der Waals surface area contributed by atoms with Crippen molar-refractivity contribution in [1.82, 2.24) is 9.97 Å². The molecule has 2 heterocycles. The van der Waals surface area contributed by atoms with E-state index in [0.29, 0.717) is 33.8 Å². The van der Waals surface area contributed by atoms with E-state index in [1.807, 2.05) is 6.92 Å². The van der Waals surface area contributed by atoms with Crippen molar-refractivity contribution in [2.45, 2.75) is 6.92 Å². The Kier molecular flexibility index (Phi) is 4.27. The summed E-state index contributed by atoms with van der Waals surface area (Å²) in [5.41, 5.74) is 3.33. The second-order valence-electron chi connectivity index (χ2n) is 6.38. The molecule has 0 saturated heterocycles. The molecule has 0 spiro atoms. The van der Waals surface area contributed by atoms with Crippen LogP contribution in [0.25, 0.3) is 22.8 Å². The summed E-state index contributed by atoms with van der Waals surface area (Å²) in [7, 11) is 1.30. The molecule has 0 radical (unpaired) electrons. The van der Waals surface area contributed by atoms with Gasteiger partial charge in [0.15, 0.2) is 0 Å². The van der Waals surface area contributed by atoms with E-state index in [1.54, 1.807) is 36.5 Å². The van der Waals surface area contributed by atoms with Gasteiger partial charge in [-0.15, -0.1) is 0 Å². The lowest BCUT2D eigenvalue weighted by atomic mass is 9.93. The number of rotatable bonds is 3. The van der Waals surface area contributed by atoms with E-state index in [2.05, 4.69) is 15.3 Å². The van der Waals surface area contributed by atoms with Crippen LogP contribution in [-0.2, 0) is 9.53 Å². The molecule has 3 aromatic rings. The molecule has 7 heteroatoms. The first kappa shape index (κ1) is 17.7. The van der Waals surface area contributed by atoms with Crippen LogP contribution < -0.4 is 5.32 Å². The summed E-state index contributed by atoms with van der Waals surface area (Å²) in [5, 5.41) is 2.76. The number of nitrogens with zero attached hydrogens (tertiary/aromatic N) is 1.